The van der Waals surface area contributed by atoms with Crippen molar-refractivity contribution >= 4 is 11.4 Å². The third kappa shape index (κ3) is 3.27. The minimum Gasteiger partial charge on any atom is -0.503 e. The lowest BCUT2D eigenvalue weighted by Crippen LogP contribution is -2.04. The number of hydrogen-bond donors (Lipinski definition) is 4. The first-order valence-electron chi connectivity index (χ1n) is 7.52. The SMILES string of the molecule is Nc1c(O)c(F)c(Oc2cc(Oc3c(F)c(O)c(N)c(F)c3F)ncn2)c(F)c1F. The molecule has 3 rings (SSSR count). The second-order valence-electron chi connectivity index (χ2n) is 5.47. The van der Waals surface area contributed by atoms with Crippen LogP contribution in [0.4, 0.5) is 37.7 Å². The molecule has 2 aromatic carbocycles. The molecule has 0 saturated heterocycles. The highest BCUT2D eigenvalue weighted by Crippen LogP contribution is 2.40. The maximum absolute atomic E-state index is 14.0. The molecule has 8 nitrogen and oxygen atoms in total. The predicted molar refractivity (Wildman–Crippen MR) is 87.0 cm³/mol. The Morgan fingerprint density at radius 3 is 1.37 bits per heavy atom. The Hall–Kier alpha value is -4.10. The molecule has 0 aliphatic rings. The van der Waals surface area contributed by atoms with Crippen molar-refractivity contribution in [2.24, 2.45) is 0 Å². The van der Waals surface area contributed by atoms with Gasteiger partial charge in [0, 0.05) is 0 Å². The molecule has 0 radical (unpaired) electrons. The lowest BCUT2D eigenvalue weighted by Gasteiger charge is -2.12. The molecular weight excluding hydrogens is 426 g/mol. The van der Waals surface area contributed by atoms with Crippen LogP contribution in [-0.4, -0.2) is 20.2 Å². The van der Waals surface area contributed by atoms with Crippen molar-refractivity contribution in [1.82, 2.24) is 9.97 Å². The number of ether oxygens (including phenoxy) is 2. The topological polar surface area (TPSA) is 137 Å². The smallest absolute Gasteiger partial charge is 0.226 e. The second-order valence-corrected chi connectivity index (χ2v) is 5.47. The summed E-state index contributed by atoms with van der Waals surface area (Å²) in [5.74, 6) is -18.3. The van der Waals surface area contributed by atoms with Crippen molar-refractivity contribution < 1.29 is 46.0 Å². The minimum absolute atomic E-state index is 0.619. The first-order valence-corrected chi connectivity index (χ1v) is 7.52. The summed E-state index contributed by atoms with van der Waals surface area (Å²) >= 11 is 0. The Bertz CT molecular complexity index is 1030. The van der Waals surface area contributed by atoms with Gasteiger partial charge in [-0.25, -0.2) is 18.7 Å². The average Bonchev–Trinajstić information content (AvgIpc) is 2.74. The number of aromatic nitrogens is 2. The van der Waals surface area contributed by atoms with Crippen LogP contribution in [0.25, 0.3) is 0 Å². The number of nitrogens with zero attached hydrogens (tertiary/aromatic N) is 2. The van der Waals surface area contributed by atoms with Gasteiger partial charge in [0.2, 0.25) is 46.5 Å². The Morgan fingerprint density at radius 1 is 0.633 bits per heavy atom. The Balaban J connectivity index is 1.99. The van der Waals surface area contributed by atoms with Crippen LogP contribution in [-0.2, 0) is 0 Å². The highest BCUT2D eigenvalue weighted by molar-refractivity contribution is 5.59. The molecule has 0 aliphatic heterocycles. The van der Waals surface area contributed by atoms with Gasteiger partial charge in [0.05, 0.1) is 6.07 Å². The zero-order valence-electron chi connectivity index (χ0n) is 14.2. The van der Waals surface area contributed by atoms with Crippen molar-refractivity contribution in [1.29, 1.82) is 0 Å². The number of rotatable bonds is 4. The Morgan fingerprint density at radius 2 is 1.00 bits per heavy atom. The molecule has 0 unspecified atom stereocenters. The van der Waals surface area contributed by atoms with Gasteiger partial charge in [-0.15, -0.1) is 0 Å². The van der Waals surface area contributed by atoms with Crippen LogP contribution in [0.1, 0.15) is 0 Å². The molecule has 0 spiro atoms. The third-order valence-corrected chi connectivity index (χ3v) is 3.61. The van der Waals surface area contributed by atoms with Crippen molar-refractivity contribution in [3.63, 3.8) is 0 Å². The van der Waals surface area contributed by atoms with E-state index in [9.17, 15) is 36.6 Å². The first-order chi connectivity index (χ1) is 14.0. The molecule has 0 aliphatic carbocycles. The van der Waals surface area contributed by atoms with Gasteiger partial charge in [-0.05, 0) is 0 Å². The fourth-order valence-corrected chi connectivity index (χ4v) is 2.11. The molecule has 0 saturated carbocycles. The van der Waals surface area contributed by atoms with Crippen LogP contribution in [0.5, 0.6) is 34.8 Å². The van der Waals surface area contributed by atoms with Crippen molar-refractivity contribution in [3.8, 4) is 34.8 Å². The van der Waals surface area contributed by atoms with Gasteiger partial charge in [0.15, 0.2) is 23.1 Å². The van der Waals surface area contributed by atoms with Gasteiger partial charge in [0.1, 0.15) is 17.7 Å². The predicted octanol–water partition coefficient (Wildman–Crippen LogP) is 3.47. The van der Waals surface area contributed by atoms with Crippen LogP contribution >= 0.6 is 0 Å². The van der Waals surface area contributed by atoms with E-state index in [1.165, 1.54) is 0 Å². The van der Waals surface area contributed by atoms with Crippen molar-refractivity contribution in [2.75, 3.05) is 11.5 Å². The number of aromatic hydroxyl groups is 2. The minimum atomic E-state index is -1.91. The number of nitrogen functional groups attached to an aromatic ring is 2. The van der Waals surface area contributed by atoms with E-state index in [0.29, 0.717) is 12.4 Å². The third-order valence-electron chi connectivity index (χ3n) is 3.61. The molecular formula is C16H8F6N4O4. The van der Waals surface area contributed by atoms with Crippen molar-refractivity contribution in [3.05, 3.63) is 47.3 Å². The fraction of sp³-hybridized carbons (Fsp3) is 0. The summed E-state index contributed by atoms with van der Waals surface area (Å²) in [5, 5.41) is 18.7. The quantitative estimate of drug-likeness (QED) is 0.212. The molecule has 0 amide bonds. The molecule has 6 N–H and O–H groups in total. The molecule has 3 aromatic rings. The van der Waals surface area contributed by atoms with E-state index in [0.717, 1.165) is 0 Å². The summed E-state index contributed by atoms with van der Waals surface area (Å²) in [6.07, 6.45) is 0.636. The molecule has 158 valence electrons. The van der Waals surface area contributed by atoms with Gasteiger partial charge in [-0.1, -0.05) is 0 Å². The summed E-state index contributed by atoms with van der Waals surface area (Å²) in [7, 11) is 0. The van der Waals surface area contributed by atoms with Crippen LogP contribution < -0.4 is 20.9 Å². The fourth-order valence-electron chi connectivity index (χ4n) is 2.11. The lowest BCUT2D eigenvalue weighted by molar-refractivity contribution is 0.343. The highest BCUT2D eigenvalue weighted by atomic mass is 19.2. The van der Waals surface area contributed by atoms with Crippen LogP contribution in [0.15, 0.2) is 12.4 Å². The average molecular weight is 434 g/mol. The largest absolute Gasteiger partial charge is 0.503 e. The number of benzene rings is 2. The molecule has 14 heteroatoms. The zero-order valence-corrected chi connectivity index (χ0v) is 14.2. The first kappa shape index (κ1) is 20.6. The molecule has 30 heavy (non-hydrogen) atoms. The van der Waals surface area contributed by atoms with Gasteiger partial charge >= 0.3 is 0 Å². The van der Waals surface area contributed by atoms with E-state index in [2.05, 4.69) is 9.97 Å². The van der Waals surface area contributed by atoms with E-state index in [1.54, 1.807) is 0 Å². The summed E-state index contributed by atoms with van der Waals surface area (Å²) < 4.78 is 92.2. The second kappa shape index (κ2) is 7.38. The van der Waals surface area contributed by atoms with Gasteiger partial charge in [0.25, 0.3) is 0 Å². The van der Waals surface area contributed by atoms with E-state index in [-0.39, 0.29) is 0 Å². The number of anilines is 2. The number of phenols is 2. The van der Waals surface area contributed by atoms with Gasteiger partial charge in [-0.3, -0.25) is 0 Å². The Kier molecular flexibility index (Phi) is 5.07. The van der Waals surface area contributed by atoms with E-state index < -0.39 is 81.0 Å². The number of hydrogen-bond acceptors (Lipinski definition) is 8. The maximum Gasteiger partial charge on any atom is 0.226 e. The van der Waals surface area contributed by atoms with Crippen LogP contribution in [0.3, 0.4) is 0 Å². The summed E-state index contributed by atoms with van der Waals surface area (Å²) in [5.41, 5.74) is 7.55. The van der Waals surface area contributed by atoms with E-state index >= 15 is 0 Å². The highest BCUT2D eigenvalue weighted by Gasteiger charge is 2.27. The van der Waals surface area contributed by atoms with E-state index in [1.807, 2.05) is 0 Å². The van der Waals surface area contributed by atoms with E-state index in [4.69, 9.17) is 20.9 Å². The maximum atomic E-state index is 14.0. The van der Waals surface area contributed by atoms with Gasteiger partial charge in [-0.2, -0.15) is 17.6 Å². The number of halogens is 6. The van der Waals surface area contributed by atoms with Crippen molar-refractivity contribution in [2.45, 2.75) is 0 Å². The standard InChI is InChI=1S/C16H8F6N4O4/c17-5-7(19)15(9(21)13(27)11(5)23)29-3-1-4(26-2-25-3)30-16-8(20)6(18)12(24)14(28)10(16)22/h1-2,27-28H,23-24H2. The zero-order chi connectivity index (χ0) is 22.3. The summed E-state index contributed by atoms with van der Waals surface area (Å²) in [4.78, 5) is 6.84. The summed E-state index contributed by atoms with van der Waals surface area (Å²) in [6, 6.07) is 0.619. The van der Waals surface area contributed by atoms with Crippen LogP contribution in [0, 0.1) is 34.9 Å². The molecule has 0 atom stereocenters. The molecule has 1 heterocycles. The van der Waals surface area contributed by atoms with Crippen LogP contribution in [0.2, 0.25) is 0 Å². The number of nitrogens with two attached hydrogens (primary N) is 2. The Labute approximate surface area is 161 Å². The number of phenolic OH excluding ortho intramolecular Hbond substituents is 2. The normalized spacial score (nSPS) is 10.9. The lowest BCUT2D eigenvalue weighted by atomic mass is 10.2. The van der Waals surface area contributed by atoms with Gasteiger partial charge < -0.3 is 31.2 Å². The summed E-state index contributed by atoms with van der Waals surface area (Å²) in [6.45, 7) is 0. The monoisotopic (exact) mass is 434 g/mol. The molecule has 0 bridgehead atoms. The molecule has 0 fully saturated rings. The molecule has 1 aromatic heterocycles.